The van der Waals surface area contributed by atoms with Crippen molar-refractivity contribution in [3.63, 3.8) is 0 Å². The molecule has 1 aliphatic rings. The molecule has 0 unspecified atom stereocenters. The number of alkyl halides is 3. The summed E-state index contributed by atoms with van der Waals surface area (Å²) in [6, 6.07) is 0. The van der Waals surface area contributed by atoms with E-state index in [4.69, 9.17) is 5.11 Å². The second-order valence-electron chi connectivity index (χ2n) is 4.47. The highest BCUT2D eigenvalue weighted by molar-refractivity contribution is 5.78. The molecular formula is C10H17F3N2O2. The number of rotatable bonds is 7. The molecule has 0 saturated heterocycles. The molecule has 0 aliphatic heterocycles. The maximum absolute atomic E-state index is 11.8. The SMILES string of the molecule is O=C(CNCC1(CCO)CC1)NCC(F)(F)F. The fraction of sp³-hybridized carbons (Fsp3) is 0.900. The van der Waals surface area contributed by atoms with Crippen LogP contribution in [0.5, 0.6) is 0 Å². The Bertz CT molecular complexity index is 265. The average molecular weight is 254 g/mol. The third kappa shape index (κ3) is 5.88. The van der Waals surface area contributed by atoms with E-state index in [0.29, 0.717) is 13.0 Å². The van der Waals surface area contributed by atoms with Gasteiger partial charge in [0.2, 0.25) is 5.91 Å². The second kappa shape index (κ2) is 5.68. The van der Waals surface area contributed by atoms with Crippen molar-refractivity contribution in [1.29, 1.82) is 0 Å². The minimum Gasteiger partial charge on any atom is -0.396 e. The molecule has 7 heteroatoms. The molecule has 100 valence electrons. The lowest BCUT2D eigenvalue weighted by Crippen LogP contribution is -2.40. The largest absolute Gasteiger partial charge is 0.405 e. The second-order valence-corrected chi connectivity index (χ2v) is 4.47. The van der Waals surface area contributed by atoms with Gasteiger partial charge in [0.05, 0.1) is 6.54 Å². The van der Waals surface area contributed by atoms with Gasteiger partial charge in [0, 0.05) is 13.2 Å². The molecule has 1 amide bonds. The van der Waals surface area contributed by atoms with Gasteiger partial charge in [0.1, 0.15) is 6.54 Å². The van der Waals surface area contributed by atoms with Gasteiger partial charge in [-0.3, -0.25) is 4.79 Å². The van der Waals surface area contributed by atoms with Crippen molar-refractivity contribution in [3.8, 4) is 0 Å². The van der Waals surface area contributed by atoms with Crippen LogP contribution in [0, 0.1) is 5.41 Å². The van der Waals surface area contributed by atoms with Crippen molar-refractivity contribution in [2.75, 3.05) is 26.2 Å². The molecule has 1 aliphatic carbocycles. The lowest BCUT2D eigenvalue weighted by Gasteiger charge is -2.14. The van der Waals surface area contributed by atoms with Crippen LogP contribution in [0.25, 0.3) is 0 Å². The fourth-order valence-corrected chi connectivity index (χ4v) is 1.63. The summed E-state index contributed by atoms with van der Waals surface area (Å²) < 4.78 is 35.3. The standard InChI is InChI=1S/C10H17F3N2O2/c11-10(12,13)7-15-8(17)5-14-6-9(1-2-9)3-4-16/h14,16H,1-7H2,(H,15,17). The molecule has 0 aromatic carbocycles. The van der Waals surface area contributed by atoms with Gasteiger partial charge in [-0.15, -0.1) is 0 Å². The molecule has 0 spiro atoms. The summed E-state index contributed by atoms with van der Waals surface area (Å²) >= 11 is 0. The topological polar surface area (TPSA) is 61.4 Å². The van der Waals surface area contributed by atoms with E-state index in [2.05, 4.69) is 5.32 Å². The summed E-state index contributed by atoms with van der Waals surface area (Å²) in [5.74, 6) is -0.665. The Morgan fingerprint density at radius 2 is 2.00 bits per heavy atom. The summed E-state index contributed by atoms with van der Waals surface area (Å²) in [6.07, 6.45) is -1.72. The van der Waals surface area contributed by atoms with Crippen LogP contribution in [-0.2, 0) is 4.79 Å². The molecule has 1 rings (SSSR count). The number of aliphatic hydroxyl groups is 1. The molecule has 3 N–H and O–H groups in total. The number of nitrogens with one attached hydrogen (secondary N) is 2. The van der Waals surface area contributed by atoms with Gasteiger partial charge in [0.15, 0.2) is 0 Å². The predicted octanol–water partition coefficient (Wildman–Crippen LogP) is 0.417. The molecule has 0 aromatic rings. The van der Waals surface area contributed by atoms with Gasteiger partial charge in [-0.05, 0) is 24.7 Å². The number of hydrogen-bond acceptors (Lipinski definition) is 3. The van der Waals surface area contributed by atoms with Gasteiger partial charge < -0.3 is 15.7 Å². The quantitative estimate of drug-likeness (QED) is 0.617. The number of amides is 1. The smallest absolute Gasteiger partial charge is 0.396 e. The van der Waals surface area contributed by atoms with E-state index in [1.807, 2.05) is 0 Å². The van der Waals surface area contributed by atoms with E-state index in [1.165, 1.54) is 0 Å². The first kappa shape index (κ1) is 14.2. The average Bonchev–Trinajstić information content (AvgIpc) is 2.95. The Morgan fingerprint density at radius 1 is 1.35 bits per heavy atom. The van der Waals surface area contributed by atoms with Crippen LogP contribution < -0.4 is 10.6 Å². The van der Waals surface area contributed by atoms with E-state index < -0.39 is 18.6 Å². The van der Waals surface area contributed by atoms with E-state index in [9.17, 15) is 18.0 Å². The van der Waals surface area contributed by atoms with Crippen molar-refractivity contribution >= 4 is 5.91 Å². The minimum absolute atomic E-state index is 0.0546. The lowest BCUT2D eigenvalue weighted by atomic mass is 10.0. The van der Waals surface area contributed by atoms with Crippen LogP contribution in [0.1, 0.15) is 19.3 Å². The molecule has 0 radical (unpaired) electrons. The summed E-state index contributed by atoms with van der Waals surface area (Å²) in [7, 11) is 0. The summed E-state index contributed by atoms with van der Waals surface area (Å²) in [5, 5.41) is 13.4. The minimum atomic E-state index is -4.37. The van der Waals surface area contributed by atoms with E-state index in [-0.39, 0.29) is 18.6 Å². The molecule has 0 aromatic heterocycles. The van der Waals surface area contributed by atoms with Crippen molar-refractivity contribution in [2.24, 2.45) is 5.41 Å². The molecule has 1 fully saturated rings. The third-order valence-corrected chi connectivity index (χ3v) is 2.87. The predicted molar refractivity (Wildman–Crippen MR) is 55.3 cm³/mol. The van der Waals surface area contributed by atoms with Gasteiger partial charge in [0.25, 0.3) is 0 Å². The van der Waals surface area contributed by atoms with Gasteiger partial charge >= 0.3 is 6.18 Å². The number of hydrogen-bond donors (Lipinski definition) is 3. The summed E-state index contributed by atoms with van der Waals surface area (Å²) in [6.45, 7) is -0.756. The Hall–Kier alpha value is -0.820. The van der Waals surface area contributed by atoms with E-state index in [0.717, 1.165) is 12.8 Å². The van der Waals surface area contributed by atoms with Crippen molar-refractivity contribution in [1.82, 2.24) is 10.6 Å². The van der Waals surface area contributed by atoms with Crippen molar-refractivity contribution in [3.05, 3.63) is 0 Å². The van der Waals surface area contributed by atoms with Gasteiger partial charge in [-0.25, -0.2) is 0 Å². The van der Waals surface area contributed by atoms with Gasteiger partial charge in [-0.2, -0.15) is 13.2 Å². The zero-order chi connectivity index (χ0) is 12.9. The fourth-order valence-electron chi connectivity index (χ4n) is 1.63. The number of aliphatic hydroxyl groups excluding tert-OH is 1. The van der Waals surface area contributed by atoms with Crippen LogP contribution in [0.3, 0.4) is 0 Å². The normalized spacial score (nSPS) is 17.9. The van der Waals surface area contributed by atoms with Crippen molar-refractivity contribution in [2.45, 2.75) is 25.4 Å². The first-order chi connectivity index (χ1) is 7.87. The summed E-state index contributed by atoms with van der Waals surface area (Å²) in [5.41, 5.74) is 0.0546. The third-order valence-electron chi connectivity index (χ3n) is 2.87. The number of carbonyl (C=O) groups is 1. The first-order valence-corrected chi connectivity index (χ1v) is 5.52. The molecular weight excluding hydrogens is 237 g/mol. The van der Waals surface area contributed by atoms with E-state index in [1.54, 1.807) is 5.32 Å². The Labute approximate surface area is 97.6 Å². The Balaban J connectivity index is 2.08. The molecule has 4 nitrogen and oxygen atoms in total. The first-order valence-electron chi connectivity index (χ1n) is 5.52. The van der Waals surface area contributed by atoms with E-state index >= 15 is 0 Å². The van der Waals surface area contributed by atoms with Gasteiger partial charge in [-0.1, -0.05) is 0 Å². The highest BCUT2D eigenvalue weighted by atomic mass is 19.4. The number of carbonyl (C=O) groups excluding carboxylic acids is 1. The molecule has 0 bridgehead atoms. The van der Waals surface area contributed by atoms with Crippen molar-refractivity contribution < 1.29 is 23.1 Å². The van der Waals surface area contributed by atoms with Crippen LogP contribution in [0.2, 0.25) is 0 Å². The Kier molecular flexibility index (Phi) is 4.76. The van der Waals surface area contributed by atoms with Crippen LogP contribution >= 0.6 is 0 Å². The lowest BCUT2D eigenvalue weighted by molar-refractivity contribution is -0.137. The maximum Gasteiger partial charge on any atom is 0.405 e. The molecule has 0 atom stereocenters. The Morgan fingerprint density at radius 3 is 2.47 bits per heavy atom. The summed E-state index contributed by atoms with van der Waals surface area (Å²) in [4.78, 5) is 11.0. The van der Waals surface area contributed by atoms with Crippen LogP contribution in [0.4, 0.5) is 13.2 Å². The maximum atomic E-state index is 11.8. The molecule has 17 heavy (non-hydrogen) atoms. The zero-order valence-electron chi connectivity index (χ0n) is 9.44. The zero-order valence-corrected chi connectivity index (χ0v) is 9.44. The molecule has 0 heterocycles. The molecule has 1 saturated carbocycles. The number of halogens is 3. The van der Waals surface area contributed by atoms with Crippen LogP contribution in [0.15, 0.2) is 0 Å². The monoisotopic (exact) mass is 254 g/mol. The highest BCUT2D eigenvalue weighted by Gasteiger charge is 2.41. The highest BCUT2D eigenvalue weighted by Crippen LogP contribution is 2.47. The van der Waals surface area contributed by atoms with Crippen LogP contribution in [-0.4, -0.2) is 43.4 Å².